The van der Waals surface area contributed by atoms with Crippen LogP contribution in [0.1, 0.15) is 37.6 Å². The molecule has 8 heteroatoms. The van der Waals surface area contributed by atoms with E-state index in [1.807, 2.05) is 0 Å². The highest BCUT2D eigenvalue weighted by molar-refractivity contribution is 6.74. The summed E-state index contributed by atoms with van der Waals surface area (Å²) in [6.07, 6.45) is 0.944. The van der Waals surface area contributed by atoms with Crippen molar-refractivity contribution in [3.05, 3.63) is 39.9 Å². The zero-order valence-corrected chi connectivity index (χ0v) is 17.1. The average Bonchev–Trinajstić information content (AvgIpc) is 2.98. The van der Waals surface area contributed by atoms with Crippen LogP contribution in [0.25, 0.3) is 0 Å². The van der Waals surface area contributed by atoms with E-state index in [0.29, 0.717) is 5.56 Å². The van der Waals surface area contributed by atoms with Crippen molar-refractivity contribution in [1.29, 1.82) is 0 Å². The molecule has 1 aromatic carbocycles. The van der Waals surface area contributed by atoms with Gasteiger partial charge in [0.25, 0.3) is 5.69 Å². The van der Waals surface area contributed by atoms with Crippen LogP contribution in [-0.2, 0) is 9.16 Å². The summed E-state index contributed by atoms with van der Waals surface area (Å²) in [6, 6.07) is 5.48. The minimum Gasteiger partial charge on any atom is -0.460 e. The molecule has 144 valence electrons. The molecular weight excluding hydrogens is 352 g/mol. The second-order valence-corrected chi connectivity index (χ2v) is 13.0. The number of nitro groups is 1. The first kappa shape index (κ1) is 20.5. The molecule has 1 aliphatic rings. The highest BCUT2D eigenvalue weighted by Crippen LogP contribution is 2.38. The molecule has 1 aliphatic heterocycles. The van der Waals surface area contributed by atoms with Crippen molar-refractivity contribution in [2.45, 2.75) is 57.5 Å². The summed E-state index contributed by atoms with van der Waals surface area (Å²) in [5.74, 6) is -0.476. The maximum absolute atomic E-state index is 12.1. The maximum atomic E-state index is 12.1. The molecule has 0 spiro atoms. The molecule has 1 saturated heterocycles. The molecule has 1 aromatic rings. The van der Waals surface area contributed by atoms with Crippen LogP contribution in [0.4, 0.5) is 5.69 Å². The van der Waals surface area contributed by atoms with Gasteiger partial charge in [0, 0.05) is 24.7 Å². The molecule has 7 nitrogen and oxygen atoms in total. The Morgan fingerprint density at radius 2 is 1.92 bits per heavy atom. The number of carbonyl (C=O) groups excluding carboxylic acids is 1. The van der Waals surface area contributed by atoms with Gasteiger partial charge in [-0.05, 0) is 36.7 Å². The molecule has 0 aromatic heterocycles. The van der Waals surface area contributed by atoms with Crippen LogP contribution in [0, 0.1) is 10.1 Å². The standard InChI is InChI=1S/C18H28N2O5Si/c1-18(2,3)26(4,5)25-16-10-14(19-11-16)12-24-17(21)13-6-8-15(9-7-13)20(22)23/h6-9,14,16,19H,10-12H2,1-5H3/t14-,16+/m0/s1. The Morgan fingerprint density at radius 1 is 1.31 bits per heavy atom. The van der Waals surface area contributed by atoms with Gasteiger partial charge >= 0.3 is 5.97 Å². The molecule has 0 aliphatic carbocycles. The summed E-state index contributed by atoms with van der Waals surface area (Å²) in [7, 11) is -1.81. The molecule has 0 amide bonds. The lowest BCUT2D eigenvalue weighted by Crippen LogP contribution is -2.44. The lowest BCUT2D eigenvalue weighted by molar-refractivity contribution is -0.384. The Bertz CT molecular complexity index is 655. The molecule has 2 rings (SSSR count). The zero-order chi connectivity index (χ0) is 19.5. The Hall–Kier alpha value is -1.77. The van der Waals surface area contributed by atoms with Crippen LogP contribution in [0.2, 0.25) is 18.1 Å². The van der Waals surface area contributed by atoms with Crippen molar-refractivity contribution in [1.82, 2.24) is 5.32 Å². The first-order chi connectivity index (χ1) is 12.0. The lowest BCUT2D eigenvalue weighted by atomic mass is 10.2. The number of carbonyl (C=O) groups is 1. The summed E-state index contributed by atoms with van der Waals surface area (Å²) in [4.78, 5) is 22.2. The monoisotopic (exact) mass is 380 g/mol. The Kier molecular flexibility index (Phi) is 6.20. The highest BCUT2D eigenvalue weighted by Gasteiger charge is 2.40. The average molecular weight is 381 g/mol. The number of nitrogens with one attached hydrogen (secondary N) is 1. The molecule has 1 heterocycles. The highest BCUT2D eigenvalue weighted by atomic mass is 28.4. The van der Waals surface area contributed by atoms with Crippen LogP contribution in [-0.4, -0.2) is 44.5 Å². The first-order valence-corrected chi connectivity index (χ1v) is 11.7. The third-order valence-corrected chi connectivity index (χ3v) is 9.71. The fourth-order valence-corrected chi connectivity index (χ4v) is 3.94. The van der Waals surface area contributed by atoms with Gasteiger partial charge in [-0.1, -0.05) is 20.8 Å². The Morgan fingerprint density at radius 3 is 2.46 bits per heavy atom. The van der Waals surface area contributed by atoms with Crippen molar-refractivity contribution in [3.63, 3.8) is 0 Å². The number of hydrogen-bond acceptors (Lipinski definition) is 6. The topological polar surface area (TPSA) is 90.7 Å². The third kappa shape index (κ3) is 5.12. The Balaban J connectivity index is 1.82. The normalized spacial score (nSPS) is 20.8. The van der Waals surface area contributed by atoms with E-state index in [1.165, 1.54) is 24.3 Å². The van der Waals surface area contributed by atoms with E-state index < -0.39 is 19.2 Å². The predicted octanol–water partition coefficient (Wildman–Crippen LogP) is 3.50. The minimum atomic E-state index is -1.81. The molecule has 0 unspecified atom stereocenters. The molecule has 2 atom stereocenters. The summed E-state index contributed by atoms with van der Waals surface area (Å²) in [5, 5.41) is 14.1. The van der Waals surface area contributed by atoms with Crippen molar-refractivity contribution in [3.8, 4) is 0 Å². The molecule has 1 N–H and O–H groups in total. The lowest BCUT2D eigenvalue weighted by Gasteiger charge is -2.38. The number of nitrogens with zero attached hydrogens (tertiary/aromatic N) is 1. The van der Waals surface area contributed by atoms with E-state index in [-0.39, 0.29) is 29.5 Å². The van der Waals surface area contributed by atoms with Gasteiger partial charge in [0.05, 0.1) is 16.6 Å². The number of benzene rings is 1. The number of ether oxygens (including phenoxy) is 1. The first-order valence-electron chi connectivity index (χ1n) is 8.82. The smallest absolute Gasteiger partial charge is 0.338 e. The molecule has 0 bridgehead atoms. The fraction of sp³-hybridized carbons (Fsp3) is 0.611. The quantitative estimate of drug-likeness (QED) is 0.351. The number of esters is 1. The SMILES string of the molecule is CC(C)(C)[Si](C)(C)O[C@H]1CN[C@H](COC(=O)c2ccc([N+](=O)[O-])cc2)C1. The number of nitro benzene ring substituents is 1. The molecule has 1 fully saturated rings. The van der Waals surface area contributed by atoms with Crippen LogP contribution < -0.4 is 5.32 Å². The summed E-state index contributed by atoms with van der Waals surface area (Å²) in [6.45, 7) is 12.1. The summed E-state index contributed by atoms with van der Waals surface area (Å²) < 4.78 is 11.7. The van der Waals surface area contributed by atoms with Gasteiger partial charge in [0.2, 0.25) is 0 Å². The number of non-ortho nitro benzene ring substituents is 1. The van der Waals surface area contributed by atoms with Gasteiger partial charge in [0.15, 0.2) is 8.32 Å². The fourth-order valence-electron chi connectivity index (χ4n) is 2.57. The van der Waals surface area contributed by atoms with Crippen molar-refractivity contribution < 1.29 is 18.9 Å². The van der Waals surface area contributed by atoms with Crippen molar-refractivity contribution >= 4 is 20.0 Å². The van der Waals surface area contributed by atoms with E-state index in [9.17, 15) is 14.9 Å². The minimum absolute atomic E-state index is 0.0513. The second kappa shape index (κ2) is 7.85. The van der Waals surface area contributed by atoms with Crippen LogP contribution in [0.15, 0.2) is 24.3 Å². The van der Waals surface area contributed by atoms with Gasteiger partial charge in [0.1, 0.15) is 6.61 Å². The van der Waals surface area contributed by atoms with E-state index in [1.54, 1.807) is 0 Å². The zero-order valence-electron chi connectivity index (χ0n) is 16.1. The number of rotatable bonds is 6. The van der Waals surface area contributed by atoms with Crippen molar-refractivity contribution in [2.24, 2.45) is 0 Å². The van der Waals surface area contributed by atoms with E-state index in [4.69, 9.17) is 9.16 Å². The summed E-state index contributed by atoms with van der Waals surface area (Å²) in [5.41, 5.74) is 0.257. The van der Waals surface area contributed by atoms with E-state index >= 15 is 0 Å². The predicted molar refractivity (Wildman–Crippen MR) is 102 cm³/mol. The van der Waals surface area contributed by atoms with Gasteiger partial charge in [-0.25, -0.2) is 4.79 Å². The number of hydrogen-bond donors (Lipinski definition) is 1. The molecular formula is C18H28N2O5Si. The molecule has 26 heavy (non-hydrogen) atoms. The maximum Gasteiger partial charge on any atom is 0.338 e. The van der Waals surface area contributed by atoms with Gasteiger partial charge in [-0.15, -0.1) is 0 Å². The van der Waals surface area contributed by atoms with Gasteiger partial charge in [-0.3, -0.25) is 10.1 Å². The van der Waals surface area contributed by atoms with E-state index in [0.717, 1.165) is 13.0 Å². The van der Waals surface area contributed by atoms with E-state index in [2.05, 4.69) is 39.2 Å². The Labute approximate surface area is 155 Å². The second-order valence-electron chi connectivity index (χ2n) is 8.24. The molecule has 0 radical (unpaired) electrons. The van der Waals surface area contributed by atoms with Crippen LogP contribution in [0.5, 0.6) is 0 Å². The van der Waals surface area contributed by atoms with Crippen LogP contribution >= 0.6 is 0 Å². The largest absolute Gasteiger partial charge is 0.460 e. The third-order valence-electron chi connectivity index (χ3n) is 5.18. The summed E-state index contributed by atoms with van der Waals surface area (Å²) >= 11 is 0. The van der Waals surface area contributed by atoms with Crippen molar-refractivity contribution in [2.75, 3.05) is 13.2 Å². The van der Waals surface area contributed by atoms with Gasteiger partial charge < -0.3 is 14.5 Å². The van der Waals surface area contributed by atoms with Crippen LogP contribution in [0.3, 0.4) is 0 Å². The van der Waals surface area contributed by atoms with Gasteiger partial charge in [-0.2, -0.15) is 0 Å². The molecule has 0 saturated carbocycles.